The molecule has 4 nitrogen and oxygen atoms in total. The third-order valence-electron chi connectivity index (χ3n) is 8.45. The lowest BCUT2D eigenvalue weighted by atomic mass is 9.99. The molecule has 222 valence electrons. The van der Waals surface area contributed by atoms with E-state index in [0.29, 0.717) is 11.4 Å². The van der Waals surface area contributed by atoms with Crippen LogP contribution in [0.3, 0.4) is 0 Å². The first-order chi connectivity index (χ1) is 23.2. The van der Waals surface area contributed by atoms with Crippen molar-refractivity contribution in [2.75, 3.05) is 4.90 Å². The SMILES string of the molecule is Cc1ccccc1N(c1ccccc1)c1cccc(-c2cccc3sc4c(-c5ccc(C#N)cc5)nc(-c5ccccc5)nc4c23)c1. The average molecular weight is 621 g/mol. The lowest BCUT2D eigenvalue weighted by Gasteiger charge is -2.27. The molecule has 0 spiro atoms. The highest BCUT2D eigenvalue weighted by Gasteiger charge is 2.20. The summed E-state index contributed by atoms with van der Waals surface area (Å²) in [5, 5.41) is 10.5. The van der Waals surface area contributed by atoms with Crippen LogP contribution in [-0.4, -0.2) is 9.97 Å². The summed E-state index contributed by atoms with van der Waals surface area (Å²) in [6.07, 6.45) is 0. The molecule has 2 heterocycles. The van der Waals surface area contributed by atoms with Gasteiger partial charge in [0.05, 0.1) is 27.5 Å². The normalized spacial score (nSPS) is 11.1. The monoisotopic (exact) mass is 620 g/mol. The molecule has 0 saturated carbocycles. The Morgan fingerprint density at radius 1 is 0.617 bits per heavy atom. The standard InChI is InChI=1S/C42H28N4S/c1-28-12-8-9-20-36(28)46(33-16-6-3-7-17-33)34-18-10-15-32(26-34)35-19-11-21-37-38(35)40-41(47-37)39(30-24-22-29(27-43)23-25-30)44-42(45-40)31-13-4-2-5-14-31/h2-26H,1H3. The summed E-state index contributed by atoms with van der Waals surface area (Å²) in [4.78, 5) is 12.7. The van der Waals surface area contributed by atoms with E-state index in [2.05, 4.69) is 115 Å². The maximum absolute atomic E-state index is 9.42. The first kappa shape index (κ1) is 28.4. The van der Waals surface area contributed by atoms with E-state index in [0.717, 1.165) is 65.3 Å². The fraction of sp³-hybridized carbons (Fsp3) is 0.0238. The van der Waals surface area contributed by atoms with Crippen LogP contribution in [0.25, 0.3) is 54.1 Å². The number of aromatic nitrogens is 2. The number of thiophene rings is 1. The second-order valence-electron chi connectivity index (χ2n) is 11.4. The number of rotatable bonds is 6. The van der Waals surface area contributed by atoms with Gasteiger partial charge in [-0.15, -0.1) is 11.3 Å². The Morgan fingerprint density at radius 2 is 1.30 bits per heavy atom. The van der Waals surface area contributed by atoms with E-state index in [4.69, 9.17) is 9.97 Å². The zero-order valence-electron chi connectivity index (χ0n) is 25.6. The number of hydrogen-bond acceptors (Lipinski definition) is 5. The molecular weight excluding hydrogens is 593 g/mol. The Hall–Kier alpha value is -6.09. The molecule has 0 aliphatic heterocycles. The zero-order chi connectivity index (χ0) is 31.7. The van der Waals surface area contributed by atoms with Crippen molar-refractivity contribution < 1.29 is 0 Å². The summed E-state index contributed by atoms with van der Waals surface area (Å²) in [6, 6.07) is 54.3. The van der Waals surface area contributed by atoms with Crippen LogP contribution in [0.4, 0.5) is 17.1 Å². The number of anilines is 3. The highest BCUT2D eigenvalue weighted by molar-refractivity contribution is 7.26. The molecule has 0 bridgehead atoms. The van der Waals surface area contributed by atoms with Crippen LogP contribution in [0.15, 0.2) is 152 Å². The molecule has 0 atom stereocenters. The van der Waals surface area contributed by atoms with Crippen LogP contribution in [-0.2, 0) is 0 Å². The molecule has 0 radical (unpaired) electrons. The number of benzene rings is 6. The van der Waals surface area contributed by atoms with E-state index in [-0.39, 0.29) is 0 Å². The largest absolute Gasteiger partial charge is 0.310 e. The van der Waals surface area contributed by atoms with Crippen LogP contribution in [0.5, 0.6) is 0 Å². The van der Waals surface area contributed by atoms with Crippen molar-refractivity contribution >= 4 is 48.7 Å². The van der Waals surface area contributed by atoms with Gasteiger partial charge in [0, 0.05) is 38.3 Å². The second kappa shape index (κ2) is 12.0. The van der Waals surface area contributed by atoms with Gasteiger partial charge >= 0.3 is 0 Å². The number of nitrogens with zero attached hydrogens (tertiary/aromatic N) is 4. The summed E-state index contributed by atoms with van der Waals surface area (Å²) in [7, 11) is 0. The van der Waals surface area contributed by atoms with Gasteiger partial charge in [0.2, 0.25) is 0 Å². The molecule has 8 rings (SSSR count). The second-order valence-corrected chi connectivity index (χ2v) is 12.5. The van der Waals surface area contributed by atoms with Crippen molar-refractivity contribution in [1.29, 1.82) is 5.26 Å². The summed E-state index contributed by atoms with van der Waals surface area (Å²) in [5.41, 5.74) is 11.1. The molecule has 8 aromatic rings. The van der Waals surface area contributed by atoms with Crippen molar-refractivity contribution in [2.45, 2.75) is 6.92 Å². The number of aryl methyl sites for hydroxylation is 1. The molecule has 5 heteroatoms. The summed E-state index contributed by atoms with van der Waals surface area (Å²) in [6.45, 7) is 2.16. The Labute approximate surface area is 277 Å². The number of fused-ring (bicyclic) bond motifs is 3. The van der Waals surface area contributed by atoms with E-state index in [1.807, 2.05) is 54.6 Å². The van der Waals surface area contributed by atoms with Crippen LogP contribution in [0.1, 0.15) is 11.1 Å². The first-order valence-electron chi connectivity index (χ1n) is 15.5. The Kier molecular flexibility index (Phi) is 7.26. The minimum Gasteiger partial charge on any atom is -0.310 e. The van der Waals surface area contributed by atoms with Crippen LogP contribution in [0.2, 0.25) is 0 Å². The number of nitriles is 1. The fourth-order valence-corrected chi connectivity index (χ4v) is 7.35. The quantitative estimate of drug-likeness (QED) is 0.186. The molecule has 0 N–H and O–H groups in total. The van der Waals surface area contributed by atoms with Gasteiger partial charge < -0.3 is 4.90 Å². The third-order valence-corrected chi connectivity index (χ3v) is 9.60. The highest BCUT2D eigenvalue weighted by Crippen LogP contribution is 2.45. The predicted octanol–water partition coefficient (Wildman–Crippen LogP) is 11.5. The van der Waals surface area contributed by atoms with Gasteiger partial charge in [-0.25, -0.2) is 9.97 Å². The van der Waals surface area contributed by atoms with E-state index >= 15 is 0 Å². The summed E-state index contributed by atoms with van der Waals surface area (Å²) < 4.78 is 2.18. The van der Waals surface area contributed by atoms with Crippen molar-refractivity contribution in [3.8, 4) is 39.8 Å². The van der Waals surface area contributed by atoms with Gasteiger partial charge in [0.25, 0.3) is 0 Å². The lowest BCUT2D eigenvalue weighted by Crippen LogP contribution is -2.11. The van der Waals surface area contributed by atoms with Crippen LogP contribution < -0.4 is 4.90 Å². The van der Waals surface area contributed by atoms with E-state index < -0.39 is 0 Å². The van der Waals surface area contributed by atoms with E-state index in [9.17, 15) is 5.26 Å². The number of hydrogen-bond donors (Lipinski definition) is 0. The smallest absolute Gasteiger partial charge is 0.160 e. The molecule has 0 saturated heterocycles. The van der Waals surface area contributed by atoms with Gasteiger partial charge in [-0.2, -0.15) is 5.26 Å². The van der Waals surface area contributed by atoms with Crippen molar-refractivity contribution in [3.05, 3.63) is 163 Å². The molecule has 0 amide bonds. The van der Waals surface area contributed by atoms with Crippen molar-refractivity contribution in [1.82, 2.24) is 9.97 Å². The molecule has 47 heavy (non-hydrogen) atoms. The van der Waals surface area contributed by atoms with Crippen LogP contribution >= 0.6 is 11.3 Å². The number of para-hydroxylation sites is 2. The topological polar surface area (TPSA) is 52.8 Å². The predicted molar refractivity (Wildman–Crippen MR) is 195 cm³/mol. The fourth-order valence-electron chi connectivity index (χ4n) is 6.17. The summed E-state index contributed by atoms with van der Waals surface area (Å²) >= 11 is 1.71. The average Bonchev–Trinajstić information content (AvgIpc) is 3.52. The highest BCUT2D eigenvalue weighted by atomic mass is 32.1. The van der Waals surface area contributed by atoms with Crippen molar-refractivity contribution in [3.63, 3.8) is 0 Å². The van der Waals surface area contributed by atoms with E-state index in [1.165, 1.54) is 5.56 Å². The van der Waals surface area contributed by atoms with Gasteiger partial charge in [0.15, 0.2) is 5.82 Å². The van der Waals surface area contributed by atoms with Crippen molar-refractivity contribution in [2.24, 2.45) is 0 Å². The van der Waals surface area contributed by atoms with Gasteiger partial charge in [0.1, 0.15) is 0 Å². The molecule has 0 aliphatic rings. The lowest BCUT2D eigenvalue weighted by molar-refractivity contribution is 1.24. The van der Waals surface area contributed by atoms with Gasteiger partial charge in [-0.1, -0.05) is 103 Å². The summed E-state index contributed by atoms with van der Waals surface area (Å²) in [5.74, 6) is 0.676. The molecule has 0 fully saturated rings. The molecular formula is C42H28N4S. The Balaban J connectivity index is 1.36. The zero-order valence-corrected chi connectivity index (χ0v) is 26.4. The van der Waals surface area contributed by atoms with Crippen LogP contribution in [0, 0.1) is 18.3 Å². The molecule has 6 aromatic carbocycles. The Bertz CT molecular complexity index is 2430. The third kappa shape index (κ3) is 5.21. The van der Waals surface area contributed by atoms with Gasteiger partial charge in [-0.3, -0.25) is 0 Å². The molecule has 2 aromatic heterocycles. The Morgan fingerprint density at radius 3 is 2.06 bits per heavy atom. The van der Waals surface area contributed by atoms with Gasteiger partial charge in [-0.05, 0) is 72.1 Å². The maximum atomic E-state index is 9.42. The molecule has 0 aliphatic carbocycles. The minimum atomic E-state index is 0.621. The maximum Gasteiger partial charge on any atom is 0.160 e. The van der Waals surface area contributed by atoms with E-state index in [1.54, 1.807) is 11.3 Å². The minimum absolute atomic E-state index is 0.621. The first-order valence-corrected chi connectivity index (χ1v) is 16.3. The molecule has 0 unspecified atom stereocenters.